The Hall–Kier alpha value is -2.89. The van der Waals surface area contributed by atoms with Crippen LogP contribution in [0.15, 0.2) is 42.9 Å². The van der Waals surface area contributed by atoms with Gasteiger partial charge in [-0.3, -0.25) is 4.79 Å². The average Bonchev–Trinajstić information content (AvgIpc) is 3.13. The minimum absolute atomic E-state index is 0.220. The third kappa shape index (κ3) is 2.01. The first kappa shape index (κ1) is 11.9. The molecule has 1 amide bonds. The smallest absolute Gasteiger partial charge is 0.261 e. The fourth-order valence-electron chi connectivity index (χ4n) is 2.45. The highest BCUT2D eigenvalue weighted by Gasteiger charge is 2.16. The summed E-state index contributed by atoms with van der Waals surface area (Å²) < 4.78 is 7.03. The number of aromatic nitrogens is 3. The zero-order valence-electron chi connectivity index (χ0n) is 11.1. The van der Waals surface area contributed by atoms with Crippen LogP contribution >= 0.6 is 0 Å². The highest BCUT2D eigenvalue weighted by molar-refractivity contribution is 6.08. The summed E-state index contributed by atoms with van der Waals surface area (Å²) in [7, 11) is 0. The fourth-order valence-corrected chi connectivity index (χ4v) is 2.45. The predicted molar refractivity (Wildman–Crippen MR) is 76.6 cm³/mol. The van der Waals surface area contributed by atoms with Crippen LogP contribution < -0.4 is 10.1 Å². The highest BCUT2D eigenvalue weighted by atomic mass is 16.5. The lowest BCUT2D eigenvalue weighted by molar-refractivity contribution is 0.102. The van der Waals surface area contributed by atoms with E-state index in [9.17, 15) is 4.79 Å². The van der Waals surface area contributed by atoms with E-state index in [0.717, 1.165) is 23.4 Å². The van der Waals surface area contributed by atoms with E-state index in [2.05, 4.69) is 15.4 Å². The Morgan fingerprint density at radius 2 is 2.33 bits per heavy atom. The van der Waals surface area contributed by atoms with Gasteiger partial charge in [-0.1, -0.05) is 0 Å². The maximum absolute atomic E-state index is 12.4. The summed E-state index contributed by atoms with van der Waals surface area (Å²) in [5, 5.41) is 6.99. The summed E-state index contributed by atoms with van der Waals surface area (Å²) >= 11 is 0. The molecule has 0 aliphatic carbocycles. The molecule has 1 aliphatic heterocycles. The van der Waals surface area contributed by atoms with Gasteiger partial charge in [0.05, 0.1) is 12.8 Å². The maximum atomic E-state index is 12.4. The van der Waals surface area contributed by atoms with Crippen LogP contribution in [0.2, 0.25) is 0 Å². The zero-order chi connectivity index (χ0) is 14.2. The molecule has 4 rings (SSSR count). The number of rotatable bonds is 2. The quantitative estimate of drug-likeness (QED) is 0.778. The van der Waals surface area contributed by atoms with Crippen LogP contribution in [-0.2, 0) is 6.42 Å². The molecule has 0 fully saturated rings. The third-order valence-electron chi connectivity index (χ3n) is 3.47. The van der Waals surface area contributed by atoms with Crippen molar-refractivity contribution in [3.8, 4) is 5.75 Å². The van der Waals surface area contributed by atoms with E-state index in [0.29, 0.717) is 17.8 Å². The number of hydrogen-bond donors (Lipinski definition) is 1. The molecule has 6 heteroatoms. The Balaban J connectivity index is 1.63. The van der Waals surface area contributed by atoms with Crippen LogP contribution in [0.25, 0.3) is 5.65 Å². The van der Waals surface area contributed by atoms with Crippen LogP contribution in [0.1, 0.15) is 15.9 Å². The molecule has 0 saturated heterocycles. The van der Waals surface area contributed by atoms with Crippen LogP contribution in [0.4, 0.5) is 5.69 Å². The highest BCUT2D eigenvalue weighted by Crippen LogP contribution is 2.28. The normalized spacial score (nSPS) is 13.0. The van der Waals surface area contributed by atoms with Crippen molar-refractivity contribution in [3.05, 3.63) is 54.0 Å². The molecule has 6 nitrogen and oxygen atoms in total. The average molecular weight is 280 g/mol. The molecule has 104 valence electrons. The second kappa shape index (κ2) is 4.59. The number of anilines is 1. The van der Waals surface area contributed by atoms with E-state index in [-0.39, 0.29) is 5.91 Å². The lowest BCUT2D eigenvalue weighted by atomic mass is 10.1. The van der Waals surface area contributed by atoms with Gasteiger partial charge in [-0.25, -0.2) is 9.50 Å². The molecule has 3 heterocycles. The third-order valence-corrected chi connectivity index (χ3v) is 3.47. The van der Waals surface area contributed by atoms with Gasteiger partial charge in [-0.05, 0) is 29.8 Å². The van der Waals surface area contributed by atoms with E-state index in [1.54, 1.807) is 23.0 Å². The monoisotopic (exact) mass is 280 g/mol. The Bertz CT molecular complexity index is 841. The van der Waals surface area contributed by atoms with Gasteiger partial charge in [0.25, 0.3) is 5.91 Å². The van der Waals surface area contributed by atoms with Gasteiger partial charge in [-0.15, -0.1) is 0 Å². The lowest BCUT2D eigenvalue weighted by Crippen LogP contribution is -2.12. The summed E-state index contributed by atoms with van der Waals surface area (Å²) in [5.41, 5.74) is 2.86. The van der Waals surface area contributed by atoms with E-state index < -0.39 is 0 Å². The molecule has 0 saturated carbocycles. The number of hydrogen-bond acceptors (Lipinski definition) is 4. The molecule has 0 atom stereocenters. The van der Waals surface area contributed by atoms with Crippen molar-refractivity contribution in [2.75, 3.05) is 11.9 Å². The Morgan fingerprint density at radius 1 is 1.38 bits per heavy atom. The van der Waals surface area contributed by atoms with Gasteiger partial charge in [-0.2, -0.15) is 5.10 Å². The minimum atomic E-state index is -0.220. The molecule has 0 spiro atoms. The van der Waals surface area contributed by atoms with Gasteiger partial charge in [0.2, 0.25) is 0 Å². The van der Waals surface area contributed by atoms with E-state index in [1.165, 1.54) is 6.20 Å². The number of nitrogens with one attached hydrogen (secondary N) is 1. The first-order chi connectivity index (χ1) is 10.3. The number of fused-ring (bicyclic) bond motifs is 2. The van der Waals surface area contributed by atoms with Gasteiger partial charge < -0.3 is 10.1 Å². The maximum Gasteiger partial charge on any atom is 0.261 e. The number of amides is 1. The van der Waals surface area contributed by atoms with Crippen molar-refractivity contribution in [1.82, 2.24) is 14.6 Å². The first-order valence-corrected chi connectivity index (χ1v) is 6.67. The minimum Gasteiger partial charge on any atom is -0.493 e. The summed E-state index contributed by atoms with van der Waals surface area (Å²) in [6.45, 7) is 0.699. The summed E-state index contributed by atoms with van der Waals surface area (Å²) in [6.07, 6.45) is 5.79. The van der Waals surface area contributed by atoms with Crippen molar-refractivity contribution in [1.29, 1.82) is 0 Å². The molecule has 0 radical (unpaired) electrons. The molecule has 1 aromatic carbocycles. The molecule has 0 bridgehead atoms. The standard InChI is InChI=1S/C15H12N4O2/c20-15(12-9-17-19-6-1-5-16-14(12)19)18-11-2-3-13-10(8-11)4-7-21-13/h1-3,5-6,8-9H,4,7H2,(H,18,20). The first-order valence-electron chi connectivity index (χ1n) is 6.67. The number of carbonyl (C=O) groups excluding carboxylic acids is 1. The second-order valence-electron chi connectivity index (χ2n) is 4.82. The van der Waals surface area contributed by atoms with Crippen molar-refractivity contribution >= 4 is 17.2 Å². The van der Waals surface area contributed by atoms with E-state index in [4.69, 9.17) is 4.74 Å². The van der Waals surface area contributed by atoms with Crippen LogP contribution in [0.3, 0.4) is 0 Å². The van der Waals surface area contributed by atoms with Crippen molar-refractivity contribution in [3.63, 3.8) is 0 Å². The van der Waals surface area contributed by atoms with Crippen LogP contribution in [0.5, 0.6) is 5.75 Å². The van der Waals surface area contributed by atoms with Crippen LogP contribution in [0, 0.1) is 0 Å². The van der Waals surface area contributed by atoms with Crippen molar-refractivity contribution in [2.45, 2.75) is 6.42 Å². The molecular formula is C15H12N4O2. The summed E-state index contributed by atoms with van der Waals surface area (Å²) in [4.78, 5) is 16.5. The molecule has 0 unspecified atom stereocenters. The second-order valence-corrected chi connectivity index (χ2v) is 4.82. The van der Waals surface area contributed by atoms with Gasteiger partial charge in [0, 0.05) is 24.5 Å². The SMILES string of the molecule is O=C(Nc1ccc2c(c1)CCO2)c1cnn2cccnc12. The zero-order valence-corrected chi connectivity index (χ0v) is 11.1. The van der Waals surface area contributed by atoms with Crippen molar-refractivity contribution in [2.24, 2.45) is 0 Å². The largest absolute Gasteiger partial charge is 0.493 e. The molecular weight excluding hydrogens is 268 g/mol. The summed E-state index contributed by atoms with van der Waals surface area (Å²) in [6, 6.07) is 7.43. The number of nitrogens with zero attached hydrogens (tertiary/aromatic N) is 3. The lowest BCUT2D eigenvalue weighted by Gasteiger charge is -2.06. The van der Waals surface area contributed by atoms with Crippen LogP contribution in [-0.4, -0.2) is 27.1 Å². The van der Waals surface area contributed by atoms with E-state index in [1.807, 2.05) is 18.2 Å². The predicted octanol–water partition coefficient (Wildman–Crippen LogP) is 1.92. The molecule has 2 aromatic heterocycles. The number of ether oxygens (including phenoxy) is 1. The Morgan fingerprint density at radius 3 is 3.29 bits per heavy atom. The fraction of sp³-hybridized carbons (Fsp3) is 0.133. The van der Waals surface area contributed by atoms with Gasteiger partial charge in [0.1, 0.15) is 11.3 Å². The Kier molecular flexibility index (Phi) is 2.60. The molecule has 3 aromatic rings. The number of carbonyl (C=O) groups is 1. The Labute approximate surface area is 120 Å². The topological polar surface area (TPSA) is 68.5 Å². The van der Waals surface area contributed by atoms with Gasteiger partial charge >= 0.3 is 0 Å². The van der Waals surface area contributed by atoms with E-state index >= 15 is 0 Å². The molecule has 1 N–H and O–H groups in total. The number of benzene rings is 1. The van der Waals surface area contributed by atoms with Gasteiger partial charge in [0.15, 0.2) is 5.65 Å². The molecule has 21 heavy (non-hydrogen) atoms. The summed E-state index contributed by atoms with van der Waals surface area (Å²) in [5.74, 6) is 0.674. The molecule has 1 aliphatic rings. The van der Waals surface area contributed by atoms with Crippen molar-refractivity contribution < 1.29 is 9.53 Å².